The highest BCUT2D eigenvalue weighted by atomic mass is 32.1. The third-order valence-corrected chi connectivity index (χ3v) is 11.7. The SMILES string of the molecule is c1ccc(-c2nc(-c3ccc(-c4cccnc4-c4cccc5sc6ccccc6c45)cc3)cc(-c3ccc4c(c3)sc3ccccc34)n2)cc1. The summed E-state index contributed by atoms with van der Waals surface area (Å²) in [6, 6.07) is 55.8. The van der Waals surface area contributed by atoms with Crippen molar-refractivity contribution in [1.29, 1.82) is 0 Å². The maximum absolute atomic E-state index is 5.10. The van der Waals surface area contributed by atoms with Gasteiger partial charge in [0.1, 0.15) is 0 Å². The molecule has 50 heavy (non-hydrogen) atoms. The maximum Gasteiger partial charge on any atom is 0.160 e. The summed E-state index contributed by atoms with van der Waals surface area (Å²) in [5.41, 5.74) is 9.26. The van der Waals surface area contributed by atoms with E-state index in [1.807, 2.05) is 53.1 Å². The molecular weight excluding hydrogens is 647 g/mol. The van der Waals surface area contributed by atoms with E-state index in [2.05, 4.69) is 133 Å². The lowest BCUT2D eigenvalue weighted by atomic mass is 9.95. The molecule has 10 aromatic rings. The van der Waals surface area contributed by atoms with E-state index >= 15 is 0 Å². The van der Waals surface area contributed by atoms with Crippen LogP contribution >= 0.6 is 22.7 Å². The second-order valence-electron chi connectivity index (χ2n) is 12.4. The molecule has 0 aliphatic heterocycles. The number of pyridine rings is 1. The number of thiophene rings is 2. The van der Waals surface area contributed by atoms with Gasteiger partial charge in [0.2, 0.25) is 0 Å². The summed E-state index contributed by atoms with van der Waals surface area (Å²) < 4.78 is 5.12. The fourth-order valence-corrected chi connectivity index (χ4v) is 9.27. The van der Waals surface area contributed by atoms with Gasteiger partial charge in [-0.25, -0.2) is 9.97 Å². The van der Waals surface area contributed by atoms with Crippen LogP contribution in [-0.2, 0) is 0 Å². The third-order valence-electron chi connectivity index (χ3n) is 9.39. The van der Waals surface area contributed by atoms with Crippen LogP contribution in [0.1, 0.15) is 0 Å². The van der Waals surface area contributed by atoms with Crippen molar-refractivity contribution in [2.24, 2.45) is 0 Å². The highest BCUT2D eigenvalue weighted by Crippen LogP contribution is 2.42. The molecule has 0 bridgehead atoms. The zero-order valence-electron chi connectivity index (χ0n) is 26.7. The monoisotopic (exact) mass is 673 g/mol. The largest absolute Gasteiger partial charge is 0.256 e. The summed E-state index contributed by atoms with van der Waals surface area (Å²) in [5, 5.41) is 5.11. The first-order valence-electron chi connectivity index (χ1n) is 16.6. The second kappa shape index (κ2) is 11.8. The number of nitrogens with zero attached hydrogens (tertiary/aromatic N) is 3. The van der Waals surface area contributed by atoms with E-state index in [1.165, 1.54) is 40.3 Å². The maximum atomic E-state index is 5.10. The summed E-state index contributed by atoms with van der Waals surface area (Å²) in [4.78, 5) is 15.2. The predicted molar refractivity (Wildman–Crippen MR) is 213 cm³/mol. The van der Waals surface area contributed by atoms with Gasteiger partial charge in [-0.2, -0.15) is 0 Å². The molecule has 0 amide bonds. The van der Waals surface area contributed by atoms with Crippen molar-refractivity contribution in [2.75, 3.05) is 0 Å². The first-order chi connectivity index (χ1) is 24.8. The van der Waals surface area contributed by atoms with Crippen LogP contribution in [0.3, 0.4) is 0 Å². The molecule has 0 spiro atoms. The van der Waals surface area contributed by atoms with Crippen molar-refractivity contribution in [3.63, 3.8) is 0 Å². The van der Waals surface area contributed by atoms with E-state index in [4.69, 9.17) is 15.0 Å². The van der Waals surface area contributed by atoms with E-state index in [0.29, 0.717) is 5.82 Å². The molecule has 0 unspecified atom stereocenters. The van der Waals surface area contributed by atoms with Crippen molar-refractivity contribution in [2.45, 2.75) is 0 Å². The van der Waals surface area contributed by atoms with E-state index < -0.39 is 0 Å². The molecule has 4 heterocycles. The molecule has 3 nitrogen and oxygen atoms in total. The molecule has 10 rings (SSSR count). The molecule has 6 aromatic carbocycles. The Bertz CT molecular complexity index is 2870. The minimum absolute atomic E-state index is 0.712. The summed E-state index contributed by atoms with van der Waals surface area (Å²) >= 11 is 3.66. The van der Waals surface area contributed by atoms with Crippen LogP contribution in [0.5, 0.6) is 0 Å². The zero-order chi connectivity index (χ0) is 33.0. The van der Waals surface area contributed by atoms with E-state index in [9.17, 15) is 0 Å². The van der Waals surface area contributed by atoms with Crippen molar-refractivity contribution >= 4 is 63.0 Å². The predicted octanol–water partition coefficient (Wildman–Crippen LogP) is 12.9. The van der Waals surface area contributed by atoms with Crippen molar-refractivity contribution in [3.8, 4) is 56.3 Å². The smallest absolute Gasteiger partial charge is 0.160 e. The zero-order valence-corrected chi connectivity index (χ0v) is 28.4. The van der Waals surface area contributed by atoms with E-state index in [1.54, 1.807) is 0 Å². The lowest BCUT2D eigenvalue weighted by molar-refractivity contribution is 1.18. The molecule has 0 aliphatic rings. The number of aromatic nitrogens is 3. The fraction of sp³-hybridized carbons (Fsp3) is 0. The van der Waals surface area contributed by atoms with Crippen LogP contribution in [-0.4, -0.2) is 15.0 Å². The van der Waals surface area contributed by atoms with Gasteiger partial charge in [-0.15, -0.1) is 22.7 Å². The topological polar surface area (TPSA) is 38.7 Å². The molecule has 234 valence electrons. The average Bonchev–Trinajstić information content (AvgIpc) is 3.76. The van der Waals surface area contributed by atoms with Gasteiger partial charge in [-0.1, -0.05) is 121 Å². The van der Waals surface area contributed by atoms with Gasteiger partial charge in [0.25, 0.3) is 0 Å². The van der Waals surface area contributed by atoms with E-state index in [0.717, 1.165) is 50.5 Å². The Balaban J connectivity index is 1.08. The van der Waals surface area contributed by atoms with Crippen LogP contribution in [0.25, 0.3) is 96.6 Å². The second-order valence-corrected chi connectivity index (χ2v) is 14.6. The van der Waals surface area contributed by atoms with Crippen molar-refractivity contribution < 1.29 is 0 Å². The lowest BCUT2D eigenvalue weighted by Gasteiger charge is -2.12. The molecule has 0 aliphatic carbocycles. The molecule has 0 radical (unpaired) electrons. The van der Waals surface area contributed by atoms with Crippen LogP contribution in [0.2, 0.25) is 0 Å². The van der Waals surface area contributed by atoms with Gasteiger partial charge in [0.05, 0.1) is 17.1 Å². The number of fused-ring (bicyclic) bond motifs is 6. The van der Waals surface area contributed by atoms with Crippen molar-refractivity contribution in [3.05, 3.63) is 164 Å². The van der Waals surface area contributed by atoms with Gasteiger partial charge in [0, 0.05) is 74.4 Å². The molecular formula is C45H27N3S2. The molecule has 4 aromatic heterocycles. The van der Waals surface area contributed by atoms with Crippen LogP contribution in [0.15, 0.2) is 164 Å². The first kappa shape index (κ1) is 29.0. The van der Waals surface area contributed by atoms with E-state index in [-0.39, 0.29) is 0 Å². The van der Waals surface area contributed by atoms with Gasteiger partial charge < -0.3 is 0 Å². The minimum atomic E-state index is 0.712. The molecule has 0 saturated carbocycles. The average molecular weight is 674 g/mol. The summed E-state index contributed by atoms with van der Waals surface area (Å²) in [7, 11) is 0. The van der Waals surface area contributed by atoms with Crippen LogP contribution in [0.4, 0.5) is 0 Å². The highest BCUT2D eigenvalue weighted by Gasteiger charge is 2.17. The summed E-state index contributed by atoms with van der Waals surface area (Å²) in [6.45, 7) is 0. The summed E-state index contributed by atoms with van der Waals surface area (Å²) in [5.74, 6) is 0.712. The molecule has 0 saturated heterocycles. The first-order valence-corrected chi connectivity index (χ1v) is 18.2. The van der Waals surface area contributed by atoms with Gasteiger partial charge in [0.15, 0.2) is 5.82 Å². The Morgan fingerprint density at radius 2 is 1.00 bits per heavy atom. The number of hydrogen-bond donors (Lipinski definition) is 0. The van der Waals surface area contributed by atoms with Crippen LogP contribution in [0, 0.1) is 0 Å². The Hall–Kier alpha value is -6.01. The summed E-state index contributed by atoms with van der Waals surface area (Å²) in [6.07, 6.45) is 1.89. The highest BCUT2D eigenvalue weighted by molar-refractivity contribution is 7.26. The Labute approximate surface area is 296 Å². The normalized spacial score (nSPS) is 11.6. The Kier molecular flexibility index (Phi) is 6.86. The van der Waals surface area contributed by atoms with Gasteiger partial charge >= 0.3 is 0 Å². The molecule has 0 atom stereocenters. The lowest BCUT2D eigenvalue weighted by Crippen LogP contribution is -1.96. The quantitative estimate of drug-likeness (QED) is 0.182. The van der Waals surface area contributed by atoms with Gasteiger partial charge in [-0.05, 0) is 42.0 Å². The molecule has 5 heteroatoms. The molecule has 0 fully saturated rings. The van der Waals surface area contributed by atoms with Gasteiger partial charge in [-0.3, -0.25) is 4.98 Å². The fourth-order valence-electron chi connectivity index (χ4n) is 6.99. The Morgan fingerprint density at radius 3 is 1.84 bits per heavy atom. The van der Waals surface area contributed by atoms with Crippen molar-refractivity contribution in [1.82, 2.24) is 15.0 Å². The number of rotatable bonds is 5. The van der Waals surface area contributed by atoms with Crippen LogP contribution < -0.4 is 0 Å². The third kappa shape index (κ3) is 4.90. The molecule has 0 N–H and O–H groups in total. The Morgan fingerprint density at radius 1 is 0.380 bits per heavy atom. The minimum Gasteiger partial charge on any atom is -0.256 e. The standard InChI is InChI=1S/C45H27N3S2/c1-2-10-30(11-3-1)45-47-37(27-38(48-45)31-23-24-34-33-12-4-6-16-39(33)50-42(34)26-31)29-21-19-28(20-22-29)32-15-9-25-46-44(32)36-14-8-18-41-43(36)35-13-5-7-17-40(35)49-41/h1-27H. The number of hydrogen-bond acceptors (Lipinski definition) is 5. The number of benzene rings is 6.